The van der Waals surface area contributed by atoms with Gasteiger partial charge in [0.05, 0.1) is 6.10 Å². The van der Waals surface area contributed by atoms with Gasteiger partial charge >= 0.3 is 0 Å². The first-order chi connectivity index (χ1) is 8.09. The normalized spacial score (nSPS) is 24.5. The molecule has 3 nitrogen and oxygen atoms in total. The Morgan fingerprint density at radius 1 is 1.47 bits per heavy atom. The van der Waals surface area contributed by atoms with Gasteiger partial charge in [-0.25, -0.2) is 9.97 Å². The predicted octanol–water partition coefficient (Wildman–Crippen LogP) is 3.52. The lowest BCUT2D eigenvalue weighted by molar-refractivity contribution is 0.127. The summed E-state index contributed by atoms with van der Waals surface area (Å²) in [6.07, 6.45) is 2.90. The molecule has 0 N–H and O–H groups in total. The van der Waals surface area contributed by atoms with Gasteiger partial charge in [0, 0.05) is 17.4 Å². The molecule has 0 bridgehead atoms. The van der Waals surface area contributed by atoms with Crippen molar-refractivity contribution in [2.24, 2.45) is 0 Å². The van der Waals surface area contributed by atoms with Crippen LogP contribution in [-0.2, 0) is 4.74 Å². The van der Waals surface area contributed by atoms with E-state index in [-0.39, 0.29) is 6.10 Å². The molecule has 1 aromatic rings. The third-order valence-corrected chi connectivity index (χ3v) is 4.72. The maximum Gasteiger partial charge on any atom is 0.137 e. The molecule has 17 heavy (non-hydrogen) atoms. The summed E-state index contributed by atoms with van der Waals surface area (Å²) in [5.41, 5.74) is 1.05. The fourth-order valence-corrected chi connectivity index (χ4v) is 3.69. The van der Waals surface area contributed by atoms with Crippen molar-refractivity contribution >= 4 is 23.4 Å². The van der Waals surface area contributed by atoms with Crippen molar-refractivity contribution in [1.29, 1.82) is 0 Å². The van der Waals surface area contributed by atoms with E-state index in [1.807, 2.05) is 0 Å². The minimum absolute atomic E-state index is 0.286. The van der Waals surface area contributed by atoms with Crippen LogP contribution in [0.5, 0.6) is 0 Å². The van der Waals surface area contributed by atoms with Crippen LogP contribution in [0.15, 0.2) is 11.4 Å². The molecule has 2 atom stereocenters. The number of aromatic nitrogens is 2. The van der Waals surface area contributed by atoms with E-state index in [1.165, 1.54) is 6.33 Å². The first kappa shape index (κ1) is 13.1. The molecule has 1 fully saturated rings. The van der Waals surface area contributed by atoms with Crippen molar-refractivity contribution in [3.05, 3.63) is 17.0 Å². The zero-order chi connectivity index (χ0) is 12.4. The minimum atomic E-state index is 0.286. The molecule has 0 aromatic carbocycles. The van der Waals surface area contributed by atoms with E-state index in [0.717, 1.165) is 23.6 Å². The van der Waals surface area contributed by atoms with E-state index in [1.54, 1.807) is 11.8 Å². The van der Waals surface area contributed by atoms with Gasteiger partial charge in [-0.3, -0.25) is 0 Å². The van der Waals surface area contributed by atoms with Crippen LogP contribution in [0.2, 0.25) is 5.15 Å². The Morgan fingerprint density at radius 2 is 2.24 bits per heavy atom. The van der Waals surface area contributed by atoms with Crippen molar-refractivity contribution in [2.75, 3.05) is 6.61 Å². The molecule has 1 saturated heterocycles. The molecular formula is C12H17ClN2OS. The fourth-order valence-electron chi connectivity index (χ4n) is 1.95. The topological polar surface area (TPSA) is 35.0 Å². The maximum absolute atomic E-state index is 6.15. The molecule has 2 unspecified atom stereocenters. The van der Waals surface area contributed by atoms with Crippen molar-refractivity contribution < 1.29 is 4.74 Å². The van der Waals surface area contributed by atoms with E-state index >= 15 is 0 Å². The van der Waals surface area contributed by atoms with Crippen LogP contribution in [0.4, 0.5) is 0 Å². The largest absolute Gasteiger partial charge is 0.377 e. The second kappa shape index (κ2) is 5.55. The maximum atomic E-state index is 6.15. The number of nitrogens with zero attached hydrogens (tertiary/aromatic N) is 2. The van der Waals surface area contributed by atoms with Gasteiger partial charge in [0.25, 0.3) is 0 Å². The summed E-state index contributed by atoms with van der Waals surface area (Å²) < 4.78 is 5.57. The molecule has 0 aliphatic carbocycles. The standard InChI is InChI=1S/C12H17ClN2OS/c1-7(2)10-11(13)14-6-15-12(10)17-9-4-5-16-8(9)3/h6-9H,4-5H2,1-3H3. The molecule has 0 spiro atoms. The summed E-state index contributed by atoms with van der Waals surface area (Å²) >= 11 is 7.92. The second-order valence-electron chi connectivity index (χ2n) is 4.56. The van der Waals surface area contributed by atoms with Crippen LogP contribution in [0.1, 0.15) is 38.7 Å². The van der Waals surface area contributed by atoms with Crippen molar-refractivity contribution in [1.82, 2.24) is 9.97 Å². The number of thioether (sulfide) groups is 1. The van der Waals surface area contributed by atoms with Gasteiger partial charge in [-0.2, -0.15) is 0 Å². The smallest absolute Gasteiger partial charge is 0.137 e. The van der Waals surface area contributed by atoms with Crippen molar-refractivity contribution in [2.45, 2.75) is 49.5 Å². The molecular weight excluding hydrogens is 256 g/mol. The number of ether oxygens (including phenoxy) is 1. The Hall–Kier alpha value is -0.320. The third-order valence-electron chi connectivity index (χ3n) is 2.95. The van der Waals surface area contributed by atoms with Gasteiger partial charge in [-0.1, -0.05) is 37.2 Å². The zero-order valence-corrected chi connectivity index (χ0v) is 11.9. The first-order valence-corrected chi connectivity index (χ1v) is 7.14. The lowest BCUT2D eigenvalue weighted by Gasteiger charge is -2.17. The SMILES string of the molecule is CC(C)c1c(Cl)ncnc1SC1CCOC1C. The fraction of sp³-hybridized carbons (Fsp3) is 0.667. The highest BCUT2D eigenvalue weighted by molar-refractivity contribution is 8.00. The van der Waals surface area contributed by atoms with Gasteiger partial charge in [-0.15, -0.1) is 0 Å². The van der Waals surface area contributed by atoms with Gasteiger partial charge in [-0.05, 0) is 19.3 Å². The summed E-state index contributed by atoms with van der Waals surface area (Å²) in [7, 11) is 0. The molecule has 1 aliphatic heterocycles. The zero-order valence-electron chi connectivity index (χ0n) is 10.3. The Bertz CT molecular complexity index is 400. The molecule has 5 heteroatoms. The number of hydrogen-bond donors (Lipinski definition) is 0. The molecule has 0 radical (unpaired) electrons. The minimum Gasteiger partial charge on any atom is -0.377 e. The molecule has 0 saturated carbocycles. The Balaban J connectivity index is 2.23. The third kappa shape index (κ3) is 2.92. The van der Waals surface area contributed by atoms with E-state index in [9.17, 15) is 0 Å². The molecule has 1 aromatic heterocycles. The highest BCUT2D eigenvalue weighted by Gasteiger charge is 2.27. The highest BCUT2D eigenvalue weighted by atomic mass is 35.5. The molecule has 2 rings (SSSR count). The molecule has 0 amide bonds. The number of hydrogen-bond acceptors (Lipinski definition) is 4. The van der Waals surface area contributed by atoms with Crippen LogP contribution in [0.3, 0.4) is 0 Å². The molecule has 94 valence electrons. The molecule has 1 aliphatic rings. The second-order valence-corrected chi connectivity index (χ2v) is 6.14. The summed E-state index contributed by atoms with van der Waals surface area (Å²) in [4.78, 5) is 8.43. The predicted molar refractivity (Wildman–Crippen MR) is 70.8 cm³/mol. The number of halogens is 1. The average Bonchev–Trinajstić information content (AvgIpc) is 2.64. The average molecular weight is 273 g/mol. The summed E-state index contributed by atoms with van der Waals surface area (Å²) in [6, 6.07) is 0. The Morgan fingerprint density at radius 3 is 2.82 bits per heavy atom. The van der Waals surface area contributed by atoms with E-state index in [2.05, 4.69) is 30.7 Å². The lowest BCUT2D eigenvalue weighted by Crippen LogP contribution is -2.14. The van der Waals surface area contributed by atoms with Crippen LogP contribution in [0.25, 0.3) is 0 Å². The van der Waals surface area contributed by atoms with E-state index in [0.29, 0.717) is 16.3 Å². The Kier molecular flexibility index (Phi) is 4.28. The van der Waals surface area contributed by atoms with E-state index < -0.39 is 0 Å². The van der Waals surface area contributed by atoms with Crippen LogP contribution in [0, 0.1) is 0 Å². The number of rotatable bonds is 3. The molecule has 2 heterocycles. The first-order valence-electron chi connectivity index (χ1n) is 5.88. The van der Waals surface area contributed by atoms with Gasteiger partial charge < -0.3 is 4.74 Å². The lowest BCUT2D eigenvalue weighted by atomic mass is 10.1. The van der Waals surface area contributed by atoms with Crippen LogP contribution in [-0.4, -0.2) is 27.9 Å². The van der Waals surface area contributed by atoms with Crippen molar-refractivity contribution in [3.63, 3.8) is 0 Å². The highest BCUT2D eigenvalue weighted by Crippen LogP contribution is 2.37. The monoisotopic (exact) mass is 272 g/mol. The van der Waals surface area contributed by atoms with Crippen LogP contribution < -0.4 is 0 Å². The van der Waals surface area contributed by atoms with Gasteiger partial charge in [0.15, 0.2) is 0 Å². The summed E-state index contributed by atoms with van der Waals surface area (Å²) in [6.45, 7) is 7.18. The van der Waals surface area contributed by atoms with Gasteiger partial charge in [0.1, 0.15) is 16.5 Å². The quantitative estimate of drug-likeness (QED) is 0.789. The van der Waals surface area contributed by atoms with Crippen molar-refractivity contribution in [3.8, 4) is 0 Å². The summed E-state index contributed by atoms with van der Waals surface area (Å²) in [5.74, 6) is 0.337. The van der Waals surface area contributed by atoms with Gasteiger partial charge in [0.2, 0.25) is 0 Å². The Labute approximate surface area is 111 Å². The van der Waals surface area contributed by atoms with E-state index in [4.69, 9.17) is 16.3 Å². The van der Waals surface area contributed by atoms with Crippen LogP contribution >= 0.6 is 23.4 Å². The summed E-state index contributed by atoms with van der Waals surface area (Å²) in [5, 5.41) is 2.05.